The van der Waals surface area contributed by atoms with E-state index in [-0.39, 0.29) is 27.7 Å². The average molecular weight is 307 g/mol. The van der Waals surface area contributed by atoms with E-state index in [0.29, 0.717) is 5.56 Å². The summed E-state index contributed by atoms with van der Waals surface area (Å²) < 4.78 is 32.5. The van der Waals surface area contributed by atoms with Gasteiger partial charge in [-0.25, -0.2) is 8.78 Å². The van der Waals surface area contributed by atoms with Crippen molar-refractivity contribution in [2.75, 3.05) is 5.73 Å². The zero-order valence-corrected chi connectivity index (χ0v) is 11.4. The number of anilines is 1. The highest BCUT2D eigenvalue weighted by atomic mass is 35.5. The third-order valence-corrected chi connectivity index (χ3v) is 3.36. The summed E-state index contributed by atoms with van der Waals surface area (Å²) in [6, 6.07) is 10.2. The van der Waals surface area contributed by atoms with E-state index in [2.05, 4.69) is 5.16 Å². The molecule has 0 unspecified atom stereocenters. The van der Waals surface area contributed by atoms with Crippen molar-refractivity contribution in [2.45, 2.75) is 0 Å². The Balaban J connectivity index is 2.22. The summed E-state index contributed by atoms with van der Waals surface area (Å²) in [6.45, 7) is 0. The SMILES string of the molecule is Nc1onc(-c2ccc(Cl)c(F)c2)c1-c1ccccc1F. The first-order valence-electron chi connectivity index (χ1n) is 6.03. The van der Waals surface area contributed by atoms with Gasteiger partial charge in [0, 0.05) is 11.1 Å². The zero-order chi connectivity index (χ0) is 15.0. The summed E-state index contributed by atoms with van der Waals surface area (Å²) >= 11 is 5.65. The Hall–Kier alpha value is -2.40. The normalized spacial score (nSPS) is 10.8. The van der Waals surface area contributed by atoms with Crippen LogP contribution in [0.2, 0.25) is 5.02 Å². The minimum absolute atomic E-state index is 0.0114. The molecule has 0 spiro atoms. The zero-order valence-electron chi connectivity index (χ0n) is 10.6. The van der Waals surface area contributed by atoms with Crippen LogP contribution in [0.1, 0.15) is 0 Å². The van der Waals surface area contributed by atoms with Crippen molar-refractivity contribution in [3.63, 3.8) is 0 Å². The molecule has 0 bridgehead atoms. The molecule has 0 amide bonds. The third kappa shape index (κ3) is 2.36. The minimum atomic E-state index is -0.602. The second kappa shape index (κ2) is 5.18. The lowest BCUT2D eigenvalue weighted by Gasteiger charge is -2.04. The number of halogens is 3. The number of nitrogens with zero attached hydrogens (tertiary/aromatic N) is 1. The Morgan fingerprint density at radius 3 is 2.52 bits per heavy atom. The van der Waals surface area contributed by atoms with Crippen molar-refractivity contribution in [1.82, 2.24) is 5.16 Å². The van der Waals surface area contributed by atoms with E-state index in [1.807, 2.05) is 0 Å². The topological polar surface area (TPSA) is 52.0 Å². The van der Waals surface area contributed by atoms with E-state index in [1.165, 1.54) is 18.2 Å². The monoisotopic (exact) mass is 306 g/mol. The molecule has 106 valence electrons. The van der Waals surface area contributed by atoms with Gasteiger partial charge in [0.1, 0.15) is 17.3 Å². The summed E-state index contributed by atoms with van der Waals surface area (Å²) in [5.74, 6) is -1.11. The molecule has 0 fully saturated rings. The van der Waals surface area contributed by atoms with Crippen LogP contribution in [-0.2, 0) is 0 Å². The van der Waals surface area contributed by atoms with Gasteiger partial charge in [0.25, 0.3) is 0 Å². The van der Waals surface area contributed by atoms with Gasteiger partial charge in [-0.05, 0) is 18.2 Å². The van der Waals surface area contributed by atoms with E-state index in [4.69, 9.17) is 21.9 Å². The molecule has 3 nitrogen and oxygen atoms in total. The molecule has 0 aliphatic carbocycles. The first kappa shape index (κ1) is 13.6. The summed E-state index contributed by atoms with van der Waals surface area (Å²) in [4.78, 5) is 0. The fraction of sp³-hybridized carbons (Fsp3) is 0. The number of hydrogen-bond donors (Lipinski definition) is 1. The lowest BCUT2D eigenvalue weighted by Crippen LogP contribution is -1.91. The Morgan fingerprint density at radius 1 is 1.05 bits per heavy atom. The maximum atomic E-state index is 14.0. The second-order valence-corrected chi connectivity index (χ2v) is 4.79. The number of aromatic nitrogens is 1. The number of nitrogen functional groups attached to an aromatic ring is 1. The lowest BCUT2D eigenvalue weighted by molar-refractivity contribution is 0.439. The number of nitrogens with two attached hydrogens (primary N) is 1. The van der Waals surface area contributed by atoms with Crippen LogP contribution in [0.5, 0.6) is 0 Å². The van der Waals surface area contributed by atoms with Crippen molar-refractivity contribution >= 4 is 17.5 Å². The maximum absolute atomic E-state index is 14.0. The Labute approximate surface area is 123 Å². The van der Waals surface area contributed by atoms with Crippen LogP contribution in [0, 0.1) is 11.6 Å². The Bertz CT molecular complexity index is 817. The predicted octanol–water partition coefficient (Wildman–Crippen LogP) is 4.52. The van der Waals surface area contributed by atoms with Gasteiger partial charge in [-0.1, -0.05) is 41.0 Å². The molecule has 0 aliphatic rings. The van der Waals surface area contributed by atoms with Gasteiger partial charge < -0.3 is 10.3 Å². The lowest BCUT2D eigenvalue weighted by atomic mass is 10.0. The van der Waals surface area contributed by atoms with Crippen LogP contribution < -0.4 is 5.73 Å². The number of benzene rings is 2. The standard InChI is InChI=1S/C15H9ClF2N2O/c16-10-6-5-8(7-12(10)18)14-13(15(19)21-20-14)9-3-1-2-4-11(9)17/h1-7H,19H2. The second-order valence-electron chi connectivity index (χ2n) is 4.38. The number of hydrogen-bond acceptors (Lipinski definition) is 3. The molecule has 0 saturated carbocycles. The molecule has 0 atom stereocenters. The van der Waals surface area contributed by atoms with Crippen molar-refractivity contribution in [3.05, 3.63) is 59.1 Å². The minimum Gasteiger partial charge on any atom is -0.367 e. The number of rotatable bonds is 2. The van der Waals surface area contributed by atoms with Crippen molar-refractivity contribution < 1.29 is 13.3 Å². The maximum Gasteiger partial charge on any atom is 0.230 e. The Kier molecular flexibility index (Phi) is 3.35. The summed E-state index contributed by atoms with van der Waals surface area (Å²) in [6.07, 6.45) is 0. The highest BCUT2D eigenvalue weighted by Gasteiger charge is 2.20. The highest BCUT2D eigenvalue weighted by Crippen LogP contribution is 2.38. The third-order valence-electron chi connectivity index (χ3n) is 3.05. The smallest absolute Gasteiger partial charge is 0.230 e. The van der Waals surface area contributed by atoms with Crippen LogP contribution >= 0.6 is 11.6 Å². The molecule has 2 aromatic carbocycles. The first-order valence-corrected chi connectivity index (χ1v) is 6.41. The van der Waals surface area contributed by atoms with Gasteiger partial charge in [0.05, 0.1) is 10.6 Å². The van der Waals surface area contributed by atoms with Gasteiger partial charge in [0.15, 0.2) is 0 Å². The van der Waals surface area contributed by atoms with E-state index in [0.717, 1.165) is 0 Å². The molecule has 0 saturated heterocycles. The molecule has 3 rings (SSSR count). The van der Waals surface area contributed by atoms with Crippen LogP contribution in [0.4, 0.5) is 14.7 Å². The molecule has 1 aromatic heterocycles. The molecule has 2 N–H and O–H groups in total. The van der Waals surface area contributed by atoms with Crippen molar-refractivity contribution in [1.29, 1.82) is 0 Å². The van der Waals surface area contributed by atoms with Crippen LogP contribution in [0.15, 0.2) is 47.0 Å². The fourth-order valence-electron chi connectivity index (χ4n) is 2.07. The fourth-order valence-corrected chi connectivity index (χ4v) is 2.19. The van der Waals surface area contributed by atoms with Crippen LogP contribution in [0.3, 0.4) is 0 Å². The van der Waals surface area contributed by atoms with Crippen LogP contribution in [-0.4, -0.2) is 5.16 Å². The predicted molar refractivity (Wildman–Crippen MR) is 76.7 cm³/mol. The van der Waals surface area contributed by atoms with Gasteiger partial charge in [-0.3, -0.25) is 0 Å². The van der Waals surface area contributed by atoms with Crippen LogP contribution in [0.25, 0.3) is 22.4 Å². The van der Waals surface area contributed by atoms with Crippen molar-refractivity contribution in [2.24, 2.45) is 0 Å². The Morgan fingerprint density at radius 2 is 1.81 bits per heavy atom. The molecular formula is C15H9ClF2N2O. The van der Waals surface area contributed by atoms with Gasteiger partial charge in [0.2, 0.25) is 5.88 Å². The van der Waals surface area contributed by atoms with E-state index < -0.39 is 11.6 Å². The van der Waals surface area contributed by atoms with Crippen molar-refractivity contribution in [3.8, 4) is 22.4 Å². The summed E-state index contributed by atoms with van der Waals surface area (Å²) in [5, 5.41) is 3.79. The van der Waals surface area contributed by atoms with E-state index >= 15 is 0 Å². The van der Waals surface area contributed by atoms with E-state index in [9.17, 15) is 8.78 Å². The molecule has 1 heterocycles. The molecule has 0 radical (unpaired) electrons. The molecule has 6 heteroatoms. The van der Waals surface area contributed by atoms with Gasteiger partial charge >= 0.3 is 0 Å². The molecule has 0 aliphatic heterocycles. The molecule has 3 aromatic rings. The van der Waals surface area contributed by atoms with Gasteiger partial charge in [-0.2, -0.15) is 0 Å². The highest BCUT2D eigenvalue weighted by molar-refractivity contribution is 6.30. The van der Waals surface area contributed by atoms with Gasteiger partial charge in [-0.15, -0.1) is 0 Å². The quantitative estimate of drug-likeness (QED) is 0.757. The molecule has 21 heavy (non-hydrogen) atoms. The molecular weight excluding hydrogens is 298 g/mol. The first-order chi connectivity index (χ1) is 10.1. The average Bonchev–Trinajstić information content (AvgIpc) is 2.84. The largest absolute Gasteiger partial charge is 0.367 e. The summed E-state index contributed by atoms with van der Waals surface area (Å²) in [7, 11) is 0. The summed E-state index contributed by atoms with van der Waals surface area (Å²) in [5.41, 5.74) is 6.91. The van der Waals surface area contributed by atoms with E-state index in [1.54, 1.807) is 24.3 Å².